The predicted octanol–water partition coefficient (Wildman–Crippen LogP) is 1.69. The molecule has 1 aliphatic rings. The van der Waals surface area contributed by atoms with Crippen molar-refractivity contribution in [3.05, 3.63) is 54.0 Å². The highest BCUT2D eigenvalue weighted by Crippen LogP contribution is 2.21. The Balaban J connectivity index is 1.82. The maximum Gasteiger partial charge on any atom is 0.289 e. The molecule has 0 aliphatic carbocycles. The Labute approximate surface area is 141 Å². The molecule has 24 heavy (non-hydrogen) atoms. The predicted molar refractivity (Wildman–Crippen MR) is 89.4 cm³/mol. The fraction of sp³-hybridized carbons (Fsp3) is 0.353. The van der Waals surface area contributed by atoms with Crippen molar-refractivity contribution < 1.29 is 17.6 Å². The average Bonchev–Trinajstić information content (AvgIpc) is 3.02. The third kappa shape index (κ3) is 3.52. The zero-order valence-corrected chi connectivity index (χ0v) is 14.3. The van der Waals surface area contributed by atoms with E-state index in [-0.39, 0.29) is 28.4 Å². The summed E-state index contributed by atoms with van der Waals surface area (Å²) in [6.07, 6.45) is 1.37. The highest BCUT2D eigenvalue weighted by atomic mass is 32.2. The van der Waals surface area contributed by atoms with Gasteiger partial charge < -0.3 is 14.6 Å². The first-order valence-electron chi connectivity index (χ1n) is 7.84. The minimum atomic E-state index is -3.52. The summed E-state index contributed by atoms with van der Waals surface area (Å²) in [5.41, 5.74) is 0.398. The zero-order valence-electron chi connectivity index (χ0n) is 13.4. The smallest absolute Gasteiger partial charge is 0.289 e. The second-order valence-electron chi connectivity index (χ2n) is 5.95. The van der Waals surface area contributed by atoms with Gasteiger partial charge >= 0.3 is 0 Å². The Hall–Kier alpha value is -2.12. The highest BCUT2D eigenvalue weighted by molar-refractivity contribution is 7.90. The number of hydrogen-bond acceptors (Lipinski definition) is 5. The van der Waals surface area contributed by atoms with Crippen LogP contribution in [0.5, 0.6) is 0 Å². The number of carbonyl (C=O) groups is 1. The zero-order chi connectivity index (χ0) is 17.2. The molecule has 128 valence electrons. The van der Waals surface area contributed by atoms with Gasteiger partial charge in [0, 0.05) is 31.2 Å². The average molecular weight is 348 g/mol. The van der Waals surface area contributed by atoms with Gasteiger partial charge in [0.2, 0.25) is 0 Å². The van der Waals surface area contributed by atoms with Gasteiger partial charge in [0.25, 0.3) is 5.91 Å². The van der Waals surface area contributed by atoms with Crippen molar-refractivity contribution in [2.75, 3.05) is 19.6 Å². The molecule has 2 aromatic rings. The Morgan fingerprint density at radius 2 is 2.04 bits per heavy atom. The van der Waals surface area contributed by atoms with Crippen LogP contribution in [0.2, 0.25) is 0 Å². The van der Waals surface area contributed by atoms with Gasteiger partial charge in [-0.1, -0.05) is 18.2 Å². The molecule has 1 N–H and O–H groups in total. The number of nitrogens with zero attached hydrogens (tertiary/aromatic N) is 1. The van der Waals surface area contributed by atoms with Crippen LogP contribution in [0.3, 0.4) is 0 Å². The van der Waals surface area contributed by atoms with Crippen molar-refractivity contribution in [2.45, 2.75) is 23.6 Å². The lowest BCUT2D eigenvalue weighted by atomic mass is 10.2. The van der Waals surface area contributed by atoms with Crippen LogP contribution >= 0.6 is 0 Å². The molecule has 1 atom stereocenters. The van der Waals surface area contributed by atoms with Gasteiger partial charge in [0.15, 0.2) is 15.6 Å². The molecule has 7 heteroatoms. The first kappa shape index (κ1) is 16.7. The topological polar surface area (TPSA) is 79.6 Å². The Morgan fingerprint density at radius 3 is 2.75 bits per heavy atom. The largest absolute Gasteiger partial charge is 0.459 e. The van der Waals surface area contributed by atoms with E-state index >= 15 is 0 Å². The van der Waals surface area contributed by atoms with Gasteiger partial charge in [0.05, 0.1) is 16.9 Å². The van der Waals surface area contributed by atoms with Crippen LogP contribution in [-0.2, 0) is 15.6 Å². The lowest BCUT2D eigenvalue weighted by Crippen LogP contribution is -2.51. The van der Waals surface area contributed by atoms with Crippen LogP contribution < -0.4 is 5.32 Å². The van der Waals surface area contributed by atoms with Crippen molar-refractivity contribution in [1.29, 1.82) is 0 Å². The fourth-order valence-electron chi connectivity index (χ4n) is 2.81. The fourth-order valence-corrected chi connectivity index (χ4v) is 4.19. The lowest BCUT2D eigenvalue weighted by molar-refractivity contribution is 0.0676. The number of amides is 1. The Morgan fingerprint density at radius 1 is 1.29 bits per heavy atom. The molecule has 0 bridgehead atoms. The summed E-state index contributed by atoms with van der Waals surface area (Å²) in [5, 5.41) is 3.27. The van der Waals surface area contributed by atoms with Crippen molar-refractivity contribution in [3.63, 3.8) is 0 Å². The minimum Gasteiger partial charge on any atom is -0.459 e. The van der Waals surface area contributed by atoms with E-state index in [2.05, 4.69) is 5.32 Å². The molecule has 1 aromatic carbocycles. The molecule has 1 saturated heterocycles. The second kappa shape index (κ2) is 6.78. The number of furan rings is 1. The molecule has 1 fully saturated rings. The monoisotopic (exact) mass is 348 g/mol. The molecular weight excluding hydrogens is 328 g/mol. The van der Waals surface area contributed by atoms with Crippen LogP contribution in [0, 0.1) is 0 Å². The van der Waals surface area contributed by atoms with E-state index in [9.17, 15) is 13.2 Å². The van der Waals surface area contributed by atoms with Crippen molar-refractivity contribution >= 4 is 15.7 Å². The Bertz CT molecular complexity index is 814. The number of benzene rings is 1. The molecule has 2 heterocycles. The highest BCUT2D eigenvalue weighted by Gasteiger charge is 2.28. The quantitative estimate of drug-likeness (QED) is 0.909. The van der Waals surface area contributed by atoms with Gasteiger partial charge in [-0.15, -0.1) is 0 Å². The number of nitrogens with one attached hydrogen (secondary N) is 1. The first-order valence-corrected chi connectivity index (χ1v) is 9.49. The summed E-state index contributed by atoms with van der Waals surface area (Å²) in [6.45, 7) is 3.87. The van der Waals surface area contributed by atoms with E-state index in [1.165, 1.54) is 6.26 Å². The van der Waals surface area contributed by atoms with Crippen LogP contribution in [-0.4, -0.2) is 44.9 Å². The maximum absolute atomic E-state index is 12.7. The molecule has 6 nitrogen and oxygen atoms in total. The molecule has 0 saturated carbocycles. The minimum absolute atomic E-state index is 0.114. The lowest BCUT2D eigenvalue weighted by Gasteiger charge is -2.31. The van der Waals surface area contributed by atoms with Crippen LogP contribution in [0.4, 0.5) is 0 Å². The van der Waals surface area contributed by atoms with Gasteiger partial charge in [-0.3, -0.25) is 4.79 Å². The van der Waals surface area contributed by atoms with Crippen molar-refractivity contribution in [2.24, 2.45) is 0 Å². The number of hydrogen-bond donors (Lipinski definition) is 1. The maximum atomic E-state index is 12.7. The number of sulfone groups is 1. The third-order valence-corrected chi connectivity index (χ3v) is 5.73. The van der Waals surface area contributed by atoms with Crippen molar-refractivity contribution in [1.82, 2.24) is 10.2 Å². The van der Waals surface area contributed by atoms with Crippen LogP contribution in [0.1, 0.15) is 23.0 Å². The van der Waals surface area contributed by atoms with Crippen molar-refractivity contribution in [3.8, 4) is 0 Å². The summed E-state index contributed by atoms with van der Waals surface area (Å²) in [6, 6.07) is 9.97. The summed E-state index contributed by atoms with van der Waals surface area (Å²) < 4.78 is 30.4. The first-order chi connectivity index (χ1) is 11.5. The van der Waals surface area contributed by atoms with Crippen LogP contribution in [0.25, 0.3) is 0 Å². The van der Waals surface area contributed by atoms with E-state index in [0.717, 1.165) is 0 Å². The summed E-state index contributed by atoms with van der Waals surface area (Å²) in [4.78, 5) is 14.6. The van der Waals surface area contributed by atoms with E-state index in [1.54, 1.807) is 41.3 Å². The molecular formula is C17H20N2O4S. The summed E-state index contributed by atoms with van der Waals surface area (Å²) in [7, 11) is -3.52. The van der Waals surface area contributed by atoms with Gasteiger partial charge in [-0.05, 0) is 25.1 Å². The molecule has 3 rings (SSSR count). The molecule has 1 aromatic heterocycles. The molecule has 0 unspecified atom stereocenters. The van der Waals surface area contributed by atoms with E-state index in [0.29, 0.717) is 25.2 Å². The van der Waals surface area contributed by atoms with Gasteiger partial charge in [0.1, 0.15) is 0 Å². The Kier molecular flexibility index (Phi) is 4.73. The van der Waals surface area contributed by atoms with E-state index < -0.39 is 9.84 Å². The number of piperazine rings is 1. The van der Waals surface area contributed by atoms with Gasteiger partial charge in [-0.25, -0.2) is 8.42 Å². The third-order valence-electron chi connectivity index (χ3n) is 4.04. The summed E-state index contributed by atoms with van der Waals surface area (Å²) >= 11 is 0. The second-order valence-corrected chi connectivity index (χ2v) is 7.94. The summed E-state index contributed by atoms with van der Waals surface area (Å²) in [5.74, 6) is -0.397. The normalized spacial score (nSPS) is 18.5. The standard InChI is InChI=1S/C17H20N2O4S/c1-13-11-19(9-8-18-13)17(20)16-14(7-10-23-16)12-24(21,22)15-5-3-2-4-6-15/h2-7,10,13,18H,8-9,11-12H2,1H3/t13-/m1/s1. The van der Waals surface area contributed by atoms with E-state index in [1.807, 2.05) is 6.92 Å². The molecule has 1 aliphatic heterocycles. The number of carbonyl (C=O) groups excluding carboxylic acids is 1. The number of rotatable bonds is 4. The molecule has 1 amide bonds. The van der Waals surface area contributed by atoms with Crippen LogP contribution in [0.15, 0.2) is 52.0 Å². The molecule has 0 radical (unpaired) electrons. The van der Waals surface area contributed by atoms with E-state index in [4.69, 9.17) is 4.42 Å². The van der Waals surface area contributed by atoms with Gasteiger partial charge in [-0.2, -0.15) is 0 Å². The molecule has 0 spiro atoms. The SMILES string of the molecule is C[C@@H]1CN(C(=O)c2occc2CS(=O)(=O)c2ccccc2)CCN1.